The van der Waals surface area contributed by atoms with E-state index in [4.69, 9.17) is 22.4 Å². The number of carbonyl (C=O) groups is 1. The standard InChI is InChI=1S/C22H25NO4.C17H12O4.2C14H10O3/c1-14-7-9-17-16-10-8-15(13-18(16)20(24)26-19(17)12-14)6-5-11-23-21(25)27-22(2,3)4;1-2-3-4-10-7-14-13(9-15(10)19)12-6-5-11(18)8-16(12)21-17(14)20;2*1-8-2-4-10-11-5-3-9(15)7-13(11)17-14(16)12(10)6-8/h7-10,12-13H,5-6,11H2,1-4H3,(H,23,25);5-9,18-19H,2H2,1H3;2*2-7,15H,1H3. The molecule has 0 fully saturated rings. The lowest BCUT2D eigenvalue weighted by Gasteiger charge is -2.19. The topological polar surface area (TPSA) is 240 Å². The van der Waals surface area contributed by atoms with E-state index >= 15 is 0 Å². The van der Waals surface area contributed by atoms with Gasteiger partial charge in [0.25, 0.3) is 0 Å². The molecule has 414 valence electrons. The maximum absolute atomic E-state index is 12.4. The van der Waals surface area contributed by atoms with Crippen molar-refractivity contribution in [2.75, 3.05) is 6.54 Å². The Kier molecular flexibility index (Phi) is 16.2. The van der Waals surface area contributed by atoms with Crippen molar-refractivity contribution in [3.05, 3.63) is 209 Å². The number of alkyl carbamates (subject to hydrolysis) is 1. The van der Waals surface area contributed by atoms with Gasteiger partial charge in [-0.3, -0.25) is 0 Å². The van der Waals surface area contributed by atoms with E-state index in [1.807, 2.05) is 121 Å². The summed E-state index contributed by atoms with van der Waals surface area (Å²) in [6.07, 6.45) is 1.74. The largest absolute Gasteiger partial charge is 0.508 e. The normalized spacial score (nSPS) is 11.2. The van der Waals surface area contributed by atoms with Crippen LogP contribution < -0.4 is 27.8 Å². The summed E-state index contributed by atoms with van der Waals surface area (Å²) in [5, 5.41) is 49.5. The van der Waals surface area contributed by atoms with Crippen LogP contribution in [0.3, 0.4) is 0 Å². The third kappa shape index (κ3) is 12.7. The number of phenolic OH excluding ortho intramolecular Hbond substituents is 4. The minimum Gasteiger partial charge on any atom is -0.508 e. The molecule has 0 unspecified atom stereocenters. The van der Waals surface area contributed by atoms with Crippen molar-refractivity contribution in [3.63, 3.8) is 0 Å². The molecule has 12 rings (SSSR count). The Morgan fingerprint density at radius 2 is 0.866 bits per heavy atom. The maximum Gasteiger partial charge on any atom is 0.407 e. The number of carbonyl (C=O) groups excluding carboxylic acids is 1. The van der Waals surface area contributed by atoms with Crippen LogP contribution in [0.4, 0.5) is 4.79 Å². The van der Waals surface area contributed by atoms with Crippen LogP contribution in [0.5, 0.6) is 23.0 Å². The fourth-order valence-electron chi connectivity index (χ4n) is 9.34. The Morgan fingerprint density at radius 1 is 0.476 bits per heavy atom. The second-order valence-corrected chi connectivity index (χ2v) is 20.7. The van der Waals surface area contributed by atoms with E-state index in [2.05, 4.69) is 17.2 Å². The molecule has 0 radical (unpaired) electrons. The Morgan fingerprint density at radius 3 is 1.33 bits per heavy atom. The van der Waals surface area contributed by atoms with Crippen LogP contribution in [0.1, 0.15) is 68.4 Å². The highest BCUT2D eigenvalue weighted by Gasteiger charge is 2.17. The number of aryl methyl sites for hydroxylation is 4. The lowest BCUT2D eigenvalue weighted by Crippen LogP contribution is -2.33. The van der Waals surface area contributed by atoms with Crippen LogP contribution in [0, 0.1) is 32.6 Å². The summed E-state index contributed by atoms with van der Waals surface area (Å²) < 4.78 is 26.3. The highest BCUT2D eigenvalue weighted by molar-refractivity contribution is 6.07. The van der Waals surface area contributed by atoms with Gasteiger partial charge in [-0.1, -0.05) is 78.4 Å². The van der Waals surface area contributed by atoms with E-state index < -0.39 is 17.3 Å². The molecule has 8 aromatic carbocycles. The average Bonchev–Trinajstić information content (AvgIpc) is 3.49. The summed E-state index contributed by atoms with van der Waals surface area (Å²) in [6.45, 7) is 13.7. The van der Waals surface area contributed by atoms with Crippen LogP contribution in [-0.2, 0) is 11.2 Å². The Balaban J connectivity index is 0.000000134. The minimum absolute atomic E-state index is 0.0136. The number of hydrogen-bond donors (Lipinski definition) is 5. The number of fused-ring (bicyclic) bond motifs is 12. The van der Waals surface area contributed by atoms with Gasteiger partial charge in [0.05, 0.1) is 27.1 Å². The second kappa shape index (κ2) is 23.6. The third-order valence-corrected chi connectivity index (χ3v) is 13.2. The minimum atomic E-state index is -0.525. The lowest BCUT2D eigenvalue weighted by molar-refractivity contribution is 0.0527. The number of benzene rings is 8. The summed E-state index contributed by atoms with van der Waals surface area (Å²) in [5.74, 6) is 5.89. The first kappa shape index (κ1) is 56.4. The SMILES string of the molecule is CCC#Cc1cc2c(=O)oc3cc(O)ccc3c2cc1O.Cc1ccc2c(c1)c(=O)oc1cc(O)ccc12.Cc1ccc2c(c1)c(=O)oc1cc(O)ccc12.Cc1ccc2c(c1)oc(=O)c1cc(CCCNC(=O)OC(C)(C)C)ccc12. The van der Waals surface area contributed by atoms with Crippen molar-refractivity contribution in [3.8, 4) is 34.8 Å². The van der Waals surface area contributed by atoms with Crippen LogP contribution in [0.2, 0.25) is 0 Å². The van der Waals surface area contributed by atoms with Crippen molar-refractivity contribution in [1.29, 1.82) is 0 Å². The summed E-state index contributed by atoms with van der Waals surface area (Å²) >= 11 is 0. The molecule has 0 atom stereocenters. The number of amides is 1. The Hall–Kier alpha value is -10.3. The van der Waals surface area contributed by atoms with Crippen LogP contribution in [0.25, 0.3) is 87.0 Å². The summed E-state index contributed by atoms with van der Waals surface area (Å²) in [5.41, 5.74) is 4.13. The van der Waals surface area contributed by atoms with E-state index in [1.165, 1.54) is 36.4 Å². The summed E-state index contributed by atoms with van der Waals surface area (Å²) in [4.78, 5) is 59.7. The quantitative estimate of drug-likeness (QED) is 0.0477. The molecule has 82 heavy (non-hydrogen) atoms. The van der Waals surface area contributed by atoms with Crippen molar-refractivity contribution in [1.82, 2.24) is 5.32 Å². The van der Waals surface area contributed by atoms with E-state index in [0.29, 0.717) is 67.6 Å². The molecular formula is C67H57NO14. The number of nitrogens with one attached hydrogen (secondary N) is 1. The first-order chi connectivity index (χ1) is 39.1. The van der Waals surface area contributed by atoms with Crippen molar-refractivity contribution < 1.29 is 47.6 Å². The van der Waals surface area contributed by atoms with Gasteiger partial charge in [0.15, 0.2) is 0 Å². The molecule has 0 saturated heterocycles. The number of phenols is 4. The molecule has 5 N–H and O–H groups in total. The first-order valence-corrected chi connectivity index (χ1v) is 26.3. The van der Waals surface area contributed by atoms with Gasteiger partial charge in [-0.25, -0.2) is 24.0 Å². The maximum atomic E-state index is 12.4. The monoisotopic (exact) mass is 1100 g/mol. The fraction of sp³-hybridized carbons (Fsp3) is 0.179. The van der Waals surface area contributed by atoms with Crippen molar-refractivity contribution in [2.24, 2.45) is 0 Å². The smallest absolute Gasteiger partial charge is 0.407 e. The number of ether oxygens (including phenoxy) is 1. The van der Waals surface area contributed by atoms with Crippen LogP contribution >= 0.6 is 0 Å². The van der Waals surface area contributed by atoms with Crippen LogP contribution in [-0.4, -0.2) is 38.7 Å². The fourth-order valence-corrected chi connectivity index (χ4v) is 9.34. The number of hydrogen-bond acceptors (Lipinski definition) is 14. The Bertz CT molecular complexity index is 4660. The zero-order valence-electron chi connectivity index (χ0n) is 46.0. The molecule has 4 heterocycles. The molecule has 4 aromatic heterocycles. The molecule has 15 heteroatoms. The van der Waals surface area contributed by atoms with Crippen molar-refractivity contribution >= 4 is 93.1 Å². The van der Waals surface area contributed by atoms with Gasteiger partial charge in [-0.15, -0.1) is 0 Å². The molecule has 12 aromatic rings. The number of aromatic hydroxyl groups is 4. The summed E-state index contributed by atoms with van der Waals surface area (Å²) in [6, 6.07) is 40.2. The molecule has 0 saturated carbocycles. The zero-order chi connectivity index (χ0) is 58.6. The predicted molar refractivity (Wildman–Crippen MR) is 321 cm³/mol. The molecule has 0 spiro atoms. The van der Waals surface area contributed by atoms with E-state index in [1.54, 1.807) is 30.3 Å². The van der Waals surface area contributed by atoms with E-state index in [9.17, 15) is 44.4 Å². The van der Waals surface area contributed by atoms with Gasteiger partial charge >= 0.3 is 28.6 Å². The summed E-state index contributed by atoms with van der Waals surface area (Å²) in [7, 11) is 0. The van der Waals surface area contributed by atoms with E-state index in [-0.39, 0.29) is 45.5 Å². The second-order valence-electron chi connectivity index (χ2n) is 20.7. The van der Waals surface area contributed by atoms with Crippen LogP contribution in [0.15, 0.2) is 176 Å². The molecule has 1 amide bonds. The lowest BCUT2D eigenvalue weighted by atomic mass is 10.0. The van der Waals surface area contributed by atoms with Crippen molar-refractivity contribution in [2.45, 2.75) is 73.3 Å². The highest BCUT2D eigenvalue weighted by Crippen LogP contribution is 2.32. The van der Waals surface area contributed by atoms with Gasteiger partial charge in [0.1, 0.15) is 50.9 Å². The molecule has 0 aliphatic heterocycles. The predicted octanol–water partition coefficient (Wildman–Crippen LogP) is 13.8. The van der Waals surface area contributed by atoms with Gasteiger partial charge in [0.2, 0.25) is 0 Å². The van der Waals surface area contributed by atoms with Gasteiger partial charge in [-0.05, 0) is 154 Å². The number of rotatable bonds is 4. The van der Waals surface area contributed by atoms with Gasteiger partial charge < -0.3 is 48.1 Å². The molecular weight excluding hydrogens is 1040 g/mol. The van der Waals surface area contributed by atoms with Gasteiger partial charge in [-0.2, -0.15) is 0 Å². The molecule has 0 bridgehead atoms. The Labute approximate surface area is 467 Å². The zero-order valence-corrected chi connectivity index (χ0v) is 46.0. The molecule has 15 nitrogen and oxygen atoms in total. The third-order valence-electron chi connectivity index (χ3n) is 13.2. The highest BCUT2D eigenvalue weighted by atomic mass is 16.6. The molecule has 0 aliphatic carbocycles. The average molecular weight is 1100 g/mol. The van der Waals surface area contributed by atoms with Gasteiger partial charge in [0, 0.05) is 58.1 Å². The molecule has 0 aliphatic rings. The first-order valence-electron chi connectivity index (χ1n) is 26.3. The van der Waals surface area contributed by atoms with E-state index in [0.717, 1.165) is 67.4 Å².